The molecule has 2 N–H and O–H groups in total. The molecule has 0 radical (unpaired) electrons. The molecule has 27 heavy (non-hydrogen) atoms. The molecule has 148 valence electrons. The number of anilines is 1. The average molecular weight is 380 g/mol. The van der Waals surface area contributed by atoms with Crippen molar-refractivity contribution >= 4 is 23.3 Å². The topological polar surface area (TPSA) is 112 Å². The maximum Gasteiger partial charge on any atom is 0.314 e. The highest BCUT2D eigenvalue weighted by molar-refractivity contribution is 5.95. The number of hydrogen-bond donors (Lipinski definition) is 2. The van der Waals surface area contributed by atoms with Crippen LogP contribution in [0.2, 0.25) is 0 Å². The van der Waals surface area contributed by atoms with Gasteiger partial charge in [0.05, 0.1) is 37.8 Å². The zero-order chi connectivity index (χ0) is 20.0. The third-order valence-corrected chi connectivity index (χ3v) is 4.84. The van der Waals surface area contributed by atoms with Crippen molar-refractivity contribution < 1.29 is 28.9 Å². The zero-order valence-electron chi connectivity index (χ0n) is 15.8. The first-order valence-electron chi connectivity index (χ1n) is 9.01. The standard InChI is InChI=1S/C18H25N3O6/c1-4-27-18(23)13-6-5-9-20(11-13)12(2)17(22)19-15-8-7-14(26-3)10-16(15)21(24)25/h7-8,10,12-13H,4-6,9,11H2,1-3H3,(H,19,22)/p+1/t12-,13-/m0/s1. The zero-order valence-corrected chi connectivity index (χ0v) is 15.8. The number of nitrogens with zero attached hydrogens (tertiary/aromatic N) is 1. The number of amides is 1. The second-order valence-electron chi connectivity index (χ2n) is 6.55. The Hall–Kier alpha value is -2.68. The second-order valence-corrected chi connectivity index (χ2v) is 6.55. The number of rotatable bonds is 7. The van der Waals surface area contributed by atoms with Gasteiger partial charge in [0.2, 0.25) is 0 Å². The highest BCUT2D eigenvalue weighted by atomic mass is 16.6. The van der Waals surface area contributed by atoms with Crippen molar-refractivity contribution in [1.82, 2.24) is 0 Å². The van der Waals surface area contributed by atoms with Crippen molar-refractivity contribution in [2.75, 3.05) is 32.1 Å². The lowest BCUT2D eigenvalue weighted by Crippen LogP contribution is -3.18. The van der Waals surface area contributed by atoms with Crippen molar-refractivity contribution in [3.63, 3.8) is 0 Å². The van der Waals surface area contributed by atoms with Gasteiger partial charge in [-0.25, -0.2) is 0 Å². The molecule has 1 amide bonds. The first-order valence-corrected chi connectivity index (χ1v) is 9.01. The molecule has 9 heteroatoms. The Kier molecular flexibility index (Phi) is 7.12. The van der Waals surface area contributed by atoms with Crippen LogP contribution in [0.1, 0.15) is 26.7 Å². The van der Waals surface area contributed by atoms with E-state index in [0.29, 0.717) is 18.9 Å². The molecule has 1 heterocycles. The fraction of sp³-hybridized carbons (Fsp3) is 0.556. The van der Waals surface area contributed by atoms with Crippen molar-refractivity contribution in [1.29, 1.82) is 0 Å². The number of nitrogens with one attached hydrogen (secondary N) is 2. The highest BCUT2D eigenvalue weighted by Crippen LogP contribution is 2.29. The van der Waals surface area contributed by atoms with Gasteiger partial charge in [0.15, 0.2) is 6.04 Å². The van der Waals surface area contributed by atoms with E-state index in [2.05, 4.69) is 5.32 Å². The van der Waals surface area contributed by atoms with E-state index in [1.54, 1.807) is 19.9 Å². The smallest absolute Gasteiger partial charge is 0.314 e. The lowest BCUT2D eigenvalue weighted by Gasteiger charge is -2.32. The predicted octanol–water partition coefficient (Wildman–Crippen LogP) is 0.788. The van der Waals surface area contributed by atoms with Crippen LogP contribution in [0.25, 0.3) is 0 Å². The Labute approximate surface area is 157 Å². The lowest BCUT2D eigenvalue weighted by molar-refractivity contribution is -0.921. The number of piperidine rings is 1. The van der Waals surface area contributed by atoms with Gasteiger partial charge in [-0.1, -0.05) is 0 Å². The van der Waals surface area contributed by atoms with E-state index in [1.807, 2.05) is 0 Å². The van der Waals surface area contributed by atoms with Gasteiger partial charge in [0.25, 0.3) is 11.6 Å². The van der Waals surface area contributed by atoms with Gasteiger partial charge in [-0.2, -0.15) is 0 Å². The second kappa shape index (κ2) is 9.31. The normalized spacial score (nSPS) is 20.4. The van der Waals surface area contributed by atoms with E-state index in [1.165, 1.54) is 19.2 Å². The Balaban J connectivity index is 2.07. The number of hydrogen-bond acceptors (Lipinski definition) is 6. The van der Waals surface area contributed by atoms with Crippen LogP contribution in [0.4, 0.5) is 11.4 Å². The number of methoxy groups -OCH3 is 1. The maximum atomic E-state index is 12.6. The van der Waals surface area contributed by atoms with Gasteiger partial charge in [0, 0.05) is 0 Å². The number of quaternary nitrogens is 1. The monoisotopic (exact) mass is 380 g/mol. The van der Waals surface area contributed by atoms with E-state index in [-0.39, 0.29) is 29.2 Å². The van der Waals surface area contributed by atoms with Crippen molar-refractivity contribution in [2.45, 2.75) is 32.7 Å². The van der Waals surface area contributed by atoms with Crippen LogP contribution in [0, 0.1) is 16.0 Å². The summed E-state index contributed by atoms with van der Waals surface area (Å²) in [6, 6.07) is 3.82. The molecule has 1 fully saturated rings. The Morgan fingerprint density at radius 2 is 2.19 bits per heavy atom. The van der Waals surface area contributed by atoms with Crippen molar-refractivity contribution in [3.8, 4) is 5.75 Å². The van der Waals surface area contributed by atoms with Crippen LogP contribution < -0.4 is 15.0 Å². The summed E-state index contributed by atoms with van der Waals surface area (Å²) in [6.45, 7) is 5.13. The van der Waals surface area contributed by atoms with Crippen molar-refractivity contribution in [3.05, 3.63) is 28.3 Å². The summed E-state index contributed by atoms with van der Waals surface area (Å²) in [4.78, 5) is 36.3. The van der Waals surface area contributed by atoms with Gasteiger partial charge >= 0.3 is 5.97 Å². The van der Waals surface area contributed by atoms with E-state index in [9.17, 15) is 19.7 Å². The van der Waals surface area contributed by atoms with Gasteiger partial charge < -0.3 is 19.7 Å². The summed E-state index contributed by atoms with van der Waals surface area (Å²) in [5.74, 6) is -0.443. The average Bonchev–Trinajstić information content (AvgIpc) is 2.67. The van der Waals surface area contributed by atoms with Gasteiger partial charge in [-0.3, -0.25) is 19.7 Å². The number of ether oxygens (including phenoxy) is 2. The van der Waals surface area contributed by atoms with E-state index in [4.69, 9.17) is 9.47 Å². The van der Waals surface area contributed by atoms with Gasteiger partial charge in [0.1, 0.15) is 17.4 Å². The SMILES string of the molecule is CCOC(=O)[C@H]1CCC[NH+]([C@@H](C)C(=O)Nc2ccc(OC)cc2[N+](=O)[O-])C1. The maximum absolute atomic E-state index is 12.6. The molecule has 1 aliphatic rings. The molecule has 1 unspecified atom stereocenters. The quantitative estimate of drug-likeness (QED) is 0.411. The number of nitro groups is 1. The lowest BCUT2D eigenvalue weighted by atomic mass is 9.97. The van der Waals surface area contributed by atoms with Crippen LogP contribution in [0.15, 0.2) is 18.2 Å². The Morgan fingerprint density at radius 3 is 2.81 bits per heavy atom. The molecule has 1 aromatic rings. The Bertz CT molecular complexity index is 708. The fourth-order valence-electron chi connectivity index (χ4n) is 3.27. The molecular weight excluding hydrogens is 354 g/mol. The van der Waals surface area contributed by atoms with Crippen molar-refractivity contribution in [2.24, 2.45) is 5.92 Å². The number of esters is 1. The third-order valence-electron chi connectivity index (χ3n) is 4.84. The molecule has 9 nitrogen and oxygen atoms in total. The van der Waals surface area contributed by atoms with E-state index < -0.39 is 11.0 Å². The number of carbonyl (C=O) groups is 2. The summed E-state index contributed by atoms with van der Waals surface area (Å²) in [7, 11) is 1.42. The summed E-state index contributed by atoms with van der Waals surface area (Å²) in [5, 5.41) is 13.9. The molecule has 1 aliphatic heterocycles. The van der Waals surface area contributed by atoms with Crippen LogP contribution in [-0.4, -0.2) is 49.6 Å². The summed E-state index contributed by atoms with van der Waals surface area (Å²) >= 11 is 0. The minimum Gasteiger partial charge on any atom is -0.496 e. The van der Waals surface area contributed by atoms with Crippen LogP contribution in [-0.2, 0) is 14.3 Å². The van der Waals surface area contributed by atoms with E-state index in [0.717, 1.165) is 24.3 Å². The molecule has 0 bridgehead atoms. The summed E-state index contributed by atoms with van der Waals surface area (Å²) < 4.78 is 10.1. The summed E-state index contributed by atoms with van der Waals surface area (Å²) in [5.41, 5.74) is -0.107. The van der Waals surface area contributed by atoms with Gasteiger partial charge in [-0.05, 0) is 38.8 Å². The van der Waals surface area contributed by atoms with Gasteiger partial charge in [-0.15, -0.1) is 0 Å². The van der Waals surface area contributed by atoms with Crippen LogP contribution in [0.3, 0.4) is 0 Å². The predicted molar refractivity (Wildman–Crippen MR) is 97.8 cm³/mol. The summed E-state index contributed by atoms with van der Waals surface area (Å²) in [6.07, 6.45) is 1.57. The fourth-order valence-corrected chi connectivity index (χ4v) is 3.27. The highest BCUT2D eigenvalue weighted by Gasteiger charge is 2.35. The Morgan fingerprint density at radius 1 is 1.44 bits per heavy atom. The molecule has 2 rings (SSSR count). The molecule has 1 aromatic carbocycles. The third kappa shape index (κ3) is 5.16. The van der Waals surface area contributed by atoms with E-state index >= 15 is 0 Å². The minimum atomic E-state index is -0.562. The van der Waals surface area contributed by atoms with Crippen LogP contribution >= 0.6 is 0 Å². The first-order chi connectivity index (χ1) is 12.9. The number of benzene rings is 1. The number of likely N-dealkylation sites (tertiary alicyclic amines) is 1. The minimum absolute atomic E-state index is 0.121. The molecule has 1 saturated heterocycles. The molecule has 0 saturated carbocycles. The molecule has 0 spiro atoms. The number of nitro benzene ring substituents is 1. The molecule has 3 atom stereocenters. The van der Waals surface area contributed by atoms with Crippen LogP contribution in [0.5, 0.6) is 5.75 Å². The first kappa shape index (κ1) is 20.6. The molecular formula is C18H26N3O6+. The number of carbonyl (C=O) groups excluding carboxylic acids is 2. The molecule has 0 aromatic heterocycles. The molecule has 0 aliphatic carbocycles. The largest absolute Gasteiger partial charge is 0.496 e.